The molecule has 1 aromatic heterocycles. The van der Waals surface area contributed by atoms with Gasteiger partial charge in [-0.3, -0.25) is 4.79 Å². The first-order chi connectivity index (χ1) is 11.6. The zero-order chi connectivity index (χ0) is 16.7. The summed E-state index contributed by atoms with van der Waals surface area (Å²) in [5.74, 6) is 0.813. The molecule has 1 amide bonds. The van der Waals surface area contributed by atoms with E-state index in [2.05, 4.69) is 38.5 Å². The van der Waals surface area contributed by atoms with Crippen molar-refractivity contribution in [1.82, 2.24) is 9.78 Å². The van der Waals surface area contributed by atoms with Gasteiger partial charge in [-0.15, -0.1) is 0 Å². The molecule has 1 N–H and O–H groups in total. The van der Waals surface area contributed by atoms with Crippen LogP contribution in [0.2, 0.25) is 0 Å². The van der Waals surface area contributed by atoms with Crippen LogP contribution in [0.15, 0.2) is 59.2 Å². The minimum atomic E-state index is 0.0179. The lowest BCUT2D eigenvalue weighted by atomic mass is 9.87. The first-order valence-electron chi connectivity index (χ1n) is 7.82. The number of nitrogens with zero attached hydrogens (tertiary/aromatic N) is 2. The molecule has 0 bridgehead atoms. The Morgan fingerprint density at radius 1 is 1.12 bits per heavy atom. The highest BCUT2D eigenvalue weighted by Crippen LogP contribution is 2.38. The number of amides is 1. The van der Waals surface area contributed by atoms with Gasteiger partial charge in [0.15, 0.2) is 0 Å². The third-order valence-electron chi connectivity index (χ3n) is 4.37. The van der Waals surface area contributed by atoms with Crippen molar-refractivity contribution in [1.29, 1.82) is 0 Å². The molecule has 2 aromatic carbocycles. The van der Waals surface area contributed by atoms with Crippen LogP contribution in [0.1, 0.15) is 29.0 Å². The molecule has 4 rings (SSSR count). The Hall–Kier alpha value is -2.40. The topological polar surface area (TPSA) is 46.9 Å². The number of nitrogens with one attached hydrogen (secondary N) is 1. The normalized spacial score (nSPS) is 16.6. The SMILES string of the molecule is Cc1ccc(-n2ncc3c2NC(=O)C[C@@H]3c2ccc(Br)cc2)cc1. The van der Waals surface area contributed by atoms with Crippen LogP contribution in [-0.2, 0) is 4.79 Å². The molecular formula is C19H16BrN3O. The van der Waals surface area contributed by atoms with Crippen molar-refractivity contribution in [3.05, 3.63) is 75.9 Å². The van der Waals surface area contributed by atoms with E-state index in [4.69, 9.17) is 0 Å². The van der Waals surface area contributed by atoms with E-state index < -0.39 is 0 Å². The number of carbonyl (C=O) groups is 1. The smallest absolute Gasteiger partial charge is 0.226 e. The molecule has 120 valence electrons. The summed E-state index contributed by atoms with van der Waals surface area (Å²) in [4.78, 5) is 12.3. The molecule has 1 atom stereocenters. The van der Waals surface area contributed by atoms with Crippen molar-refractivity contribution >= 4 is 27.7 Å². The van der Waals surface area contributed by atoms with Crippen LogP contribution >= 0.6 is 15.9 Å². The molecule has 0 saturated heterocycles. The van der Waals surface area contributed by atoms with Gasteiger partial charge in [-0.2, -0.15) is 5.10 Å². The fourth-order valence-corrected chi connectivity index (χ4v) is 3.36. The number of halogens is 1. The third-order valence-corrected chi connectivity index (χ3v) is 4.90. The van der Waals surface area contributed by atoms with Crippen molar-refractivity contribution in [2.45, 2.75) is 19.3 Å². The van der Waals surface area contributed by atoms with Gasteiger partial charge in [0, 0.05) is 22.4 Å². The molecule has 1 aliphatic heterocycles. The maximum atomic E-state index is 12.3. The van der Waals surface area contributed by atoms with Gasteiger partial charge in [0.05, 0.1) is 11.9 Å². The van der Waals surface area contributed by atoms with Crippen molar-refractivity contribution in [2.24, 2.45) is 0 Å². The molecule has 0 saturated carbocycles. The summed E-state index contributed by atoms with van der Waals surface area (Å²) < 4.78 is 2.83. The van der Waals surface area contributed by atoms with Crippen molar-refractivity contribution < 1.29 is 4.79 Å². The Labute approximate surface area is 148 Å². The Morgan fingerprint density at radius 3 is 2.54 bits per heavy atom. The van der Waals surface area contributed by atoms with Gasteiger partial charge < -0.3 is 5.32 Å². The molecule has 0 spiro atoms. The maximum absolute atomic E-state index is 12.3. The molecule has 0 fully saturated rings. The molecule has 4 nitrogen and oxygen atoms in total. The van der Waals surface area contributed by atoms with E-state index in [0.717, 1.165) is 27.1 Å². The standard InChI is InChI=1S/C19H16BrN3O/c1-12-2-8-15(9-3-12)23-19-17(11-21-23)16(10-18(24)22-19)13-4-6-14(20)7-5-13/h2-9,11,16H,10H2,1H3,(H,22,24)/t16-/m1/s1. The summed E-state index contributed by atoms with van der Waals surface area (Å²) in [5.41, 5.74) is 4.31. The molecule has 0 radical (unpaired) electrons. The number of anilines is 1. The second-order valence-electron chi connectivity index (χ2n) is 6.05. The fourth-order valence-electron chi connectivity index (χ4n) is 3.09. The first-order valence-corrected chi connectivity index (χ1v) is 8.61. The maximum Gasteiger partial charge on any atom is 0.226 e. The molecule has 5 heteroatoms. The second kappa shape index (κ2) is 5.91. The Morgan fingerprint density at radius 2 is 1.83 bits per heavy atom. The van der Waals surface area contributed by atoms with E-state index >= 15 is 0 Å². The van der Waals surface area contributed by atoms with Crippen LogP contribution in [0.5, 0.6) is 0 Å². The van der Waals surface area contributed by atoms with Crippen LogP contribution in [-0.4, -0.2) is 15.7 Å². The van der Waals surface area contributed by atoms with E-state index in [-0.39, 0.29) is 11.8 Å². The molecule has 0 unspecified atom stereocenters. The monoisotopic (exact) mass is 381 g/mol. The van der Waals surface area contributed by atoms with Crippen molar-refractivity contribution in [3.63, 3.8) is 0 Å². The van der Waals surface area contributed by atoms with Crippen LogP contribution < -0.4 is 5.32 Å². The zero-order valence-corrected chi connectivity index (χ0v) is 14.7. The summed E-state index contributed by atoms with van der Waals surface area (Å²) in [7, 11) is 0. The van der Waals surface area contributed by atoms with Crippen molar-refractivity contribution in [2.75, 3.05) is 5.32 Å². The quantitative estimate of drug-likeness (QED) is 0.714. The Bertz CT molecular complexity index is 897. The highest BCUT2D eigenvalue weighted by atomic mass is 79.9. The lowest BCUT2D eigenvalue weighted by Crippen LogP contribution is -2.24. The number of aromatic nitrogens is 2. The van der Waals surface area contributed by atoms with Gasteiger partial charge in [0.1, 0.15) is 5.82 Å². The van der Waals surface area contributed by atoms with Crippen LogP contribution in [0.3, 0.4) is 0 Å². The van der Waals surface area contributed by atoms with E-state index in [1.54, 1.807) is 4.68 Å². The predicted octanol–water partition coefficient (Wildman–Crippen LogP) is 4.42. The molecule has 1 aliphatic rings. The Kier molecular flexibility index (Phi) is 3.73. The van der Waals surface area contributed by atoms with Crippen LogP contribution in [0.25, 0.3) is 5.69 Å². The third kappa shape index (κ3) is 2.65. The number of aryl methyl sites for hydroxylation is 1. The lowest BCUT2D eigenvalue weighted by molar-refractivity contribution is -0.116. The summed E-state index contributed by atoms with van der Waals surface area (Å²) in [5, 5.41) is 7.50. The molecule has 0 aliphatic carbocycles. The molecule has 2 heterocycles. The minimum absolute atomic E-state index is 0.0179. The second-order valence-corrected chi connectivity index (χ2v) is 6.97. The summed E-state index contributed by atoms with van der Waals surface area (Å²) in [6.07, 6.45) is 2.30. The summed E-state index contributed by atoms with van der Waals surface area (Å²) >= 11 is 3.46. The number of hydrogen-bond donors (Lipinski definition) is 1. The number of hydrogen-bond acceptors (Lipinski definition) is 2. The average molecular weight is 382 g/mol. The first kappa shape index (κ1) is 15.1. The van der Waals surface area contributed by atoms with E-state index in [9.17, 15) is 4.79 Å². The van der Waals surface area contributed by atoms with E-state index in [1.807, 2.05) is 49.5 Å². The van der Waals surface area contributed by atoms with Gasteiger partial charge in [0.25, 0.3) is 0 Å². The highest BCUT2D eigenvalue weighted by molar-refractivity contribution is 9.10. The largest absolute Gasteiger partial charge is 0.310 e. The van der Waals surface area contributed by atoms with Crippen LogP contribution in [0.4, 0.5) is 5.82 Å². The number of fused-ring (bicyclic) bond motifs is 1. The van der Waals surface area contributed by atoms with Gasteiger partial charge in [-0.05, 0) is 36.8 Å². The molecular weight excluding hydrogens is 366 g/mol. The van der Waals surface area contributed by atoms with Gasteiger partial charge in [0.2, 0.25) is 5.91 Å². The van der Waals surface area contributed by atoms with Gasteiger partial charge >= 0.3 is 0 Å². The Balaban J connectivity index is 1.80. The highest BCUT2D eigenvalue weighted by Gasteiger charge is 2.30. The zero-order valence-electron chi connectivity index (χ0n) is 13.2. The summed E-state index contributed by atoms with van der Waals surface area (Å²) in [6.45, 7) is 2.05. The lowest BCUT2D eigenvalue weighted by Gasteiger charge is -2.23. The van der Waals surface area contributed by atoms with E-state index in [0.29, 0.717) is 6.42 Å². The average Bonchev–Trinajstić information content (AvgIpc) is 2.99. The number of carbonyl (C=O) groups excluding carboxylic acids is 1. The van der Waals surface area contributed by atoms with Crippen LogP contribution in [0, 0.1) is 6.92 Å². The summed E-state index contributed by atoms with van der Waals surface area (Å²) in [6, 6.07) is 16.2. The molecule has 24 heavy (non-hydrogen) atoms. The van der Waals surface area contributed by atoms with Gasteiger partial charge in [-0.25, -0.2) is 4.68 Å². The van der Waals surface area contributed by atoms with E-state index in [1.165, 1.54) is 5.56 Å². The number of benzene rings is 2. The fraction of sp³-hybridized carbons (Fsp3) is 0.158. The minimum Gasteiger partial charge on any atom is -0.310 e. The van der Waals surface area contributed by atoms with Crippen molar-refractivity contribution in [3.8, 4) is 5.69 Å². The number of rotatable bonds is 2. The predicted molar refractivity (Wildman–Crippen MR) is 97.5 cm³/mol. The van der Waals surface area contributed by atoms with Gasteiger partial charge in [-0.1, -0.05) is 45.8 Å². The molecule has 3 aromatic rings.